The average Bonchev–Trinajstić information content (AvgIpc) is 2.71. The number of nitrogens with zero attached hydrogens (tertiary/aromatic N) is 1. The van der Waals surface area contributed by atoms with Gasteiger partial charge in [0, 0.05) is 18.2 Å². The van der Waals surface area contributed by atoms with Crippen molar-refractivity contribution in [2.45, 2.75) is 6.92 Å². The number of carbonyl (C=O) groups excluding carboxylic acids is 1. The molecule has 1 heterocycles. The minimum Gasteiger partial charge on any atom is -0.476 e. The van der Waals surface area contributed by atoms with Gasteiger partial charge in [-0.2, -0.15) is 0 Å². The Morgan fingerprint density at radius 2 is 2.13 bits per heavy atom. The molecule has 0 saturated heterocycles. The number of ether oxygens (including phenoxy) is 1. The molecule has 0 saturated carbocycles. The summed E-state index contributed by atoms with van der Waals surface area (Å²) in [6, 6.07) is 7.44. The molecule has 1 aliphatic heterocycles. The zero-order valence-corrected chi connectivity index (χ0v) is 8.49. The maximum Gasteiger partial charge on any atom is 0.221 e. The second-order valence-corrected chi connectivity index (χ2v) is 3.29. The lowest BCUT2D eigenvalue weighted by atomic mass is 10.2. The Labute approximate surface area is 88.0 Å². The van der Waals surface area contributed by atoms with Gasteiger partial charge in [0.15, 0.2) is 0 Å². The van der Waals surface area contributed by atoms with E-state index in [2.05, 4.69) is 10.3 Å². The third kappa shape index (κ3) is 2.34. The largest absolute Gasteiger partial charge is 0.476 e. The molecule has 1 N–H and O–H groups in total. The van der Waals surface area contributed by atoms with Crippen LogP contribution in [0.1, 0.15) is 12.5 Å². The SMILES string of the molecule is CC(=O)Nc1ccc(C2=NCCO2)cc1. The van der Waals surface area contributed by atoms with Crippen LogP contribution in [0.3, 0.4) is 0 Å². The highest BCUT2D eigenvalue weighted by Crippen LogP contribution is 2.12. The normalized spacial score (nSPS) is 14.3. The van der Waals surface area contributed by atoms with Crippen LogP contribution in [0.15, 0.2) is 29.3 Å². The van der Waals surface area contributed by atoms with E-state index in [1.54, 1.807) is 0 Å². The van der Waals surface area contributed by atoms with Crippen LogP contribution in [0.2, 0.25) is 0 Å². The van der Waals surface area contributed by atoms with Gasteiger partial charge in [-0.3, -0.25) is 4.79 Å². The highest BCUT2D eigenvalue weighted by molar-refractivity contribution is 5.96. The first kappa shape index (κ1) is 9.71. The number of hydrogen-bond acceptors (Lipinski definition) is 3. The molecule has 0 radical (unpaired) electrons. The first-order valence-corrected chi connectivity index (χ1v) is 4.81. The number of hydrogen-bond donors (Lipinski definition) is 1. The van der Waals surface area contributed by atoms with Gasteiger partial charge in [0.25, 0.3) is 0 Å². The second-order valence-electron chi connectivity index (χ2n) is 3.29. The van der Waals surface area contributed by atoms with Crippen molar-refractivity contribution >= 4 is 17.5 Å². The molecule has 4 nitrogen and oxygen atoms in total. The molecule has 1 aliphatic rings. The summed E-state index contributed by atoms with van der Waals surface area (Å²) in [5, 5.41) is 2.70. The van der Waals surface area contributed by atoms with Crippen LogP contribution in [0.5, 0.6) is 0 Å². The fourth-order valence-corrected chi connectivity index (χ4v) is 1.41. The standard InChI is InChI=1S/C11H12N2O2/c1-8(14)13-10-4-2-9(3-5-10)11-12-6-7-15-11/h2-5H,6-7H2,1H3,(H,13,14). The van der Waals surface area contributed by atoms with Gasteiger partial charge in [0.1, 0.15) is 6.61 Å². The number of benzene rings is 1. The van der Waals surface area contributed by atoms with Crippen LogP contribution in [0.25, 0.3) is 0 Å². The lowest BCUT2D eigenvalue weighted by Crippen LogP contribution is -2.06. The van der Waals surface area contributed by atoms with Gasteiger partial charge in [0.2, 0.25) is 11.8 Å². The highest BCUT2D eigenvalue weighted by atomic mass is 16.5. The quantitative estimate of drug-likeness (QED) is 0.792. The van der Waals surface area contributed by atoms with Gasteiger partial charge in [-0.1, -0.05) is 0 Å². The molecule has 15 heavy (non-hydrogen) atoms. The number of amides is 1. The zero-order valence-electron chi connectivity index (χ0n) is 8.49. The van der Waals surface area contributed by atoms with E-state index in [0.717, 1.165) is 17.8 Å². The van der Waals surface area contributed by atoms with E-state index in [4.69, 9.17) is 4.74 Å². The molecule has 0 fully saturated rings. The molecule has 1 amide bonds. The van der Waals surface area contributed by atoms with Crippen LogP contribution >= 0.6 is 0 Å². The molecule has 0 bridgehead atoms. The predicted molar refractivity (Wildman–Crippen MR) is 58.1 cm³/mol. The van der Waals surface area contributed by atoms with Crippen molar-refractivity contribution in [1.29, 1.82) is 0 Å². The molecule has 0 atom stereocenters. The second kappa shape index (κ2) is 4.13. The third-order valence-corrected chi connectivity index (χ3v) is 2.04. The number of aliphatic imine (C=N–C) groups is 1. The topological polar surface area (TPSA) is 50.7 Å². The lowest BCUT2D eigenvalue weighted by molar-refractivity contribution is -0.114. The van der Waals surface area contributed by atoms with Gasteiger partial charge >= 0.3 is 0 Å². The fraction of sp³-hybridized carbons (Fsp3) is 0.273. The lowest BCUT2D eigenvalue weighted by Gasteiger charge is -2.04. The molecule has 4 heteroatoms. The maximum atomic E-state index is 10.8. The van der Waals surface area contributed by atoms with Crippen LogP contribution in [-0.4, -0.2) is 25.0 Å². The van der Waals surface area contributed by atoms with Gasteiger partial charge in [-0.25, -0.2) is 4.99 Å². The fourth-order valence-electron chi connectivity index (χ4n) is 1.41. The van der Waals surface area contributed by atoms with Gasteiger partial charge < -0.3 is 10.1 Å². The number of anilines is 1. The summed E-state index contributed by atoms with van der Waals surface area (Å²) in [6.07, 6.45) is 0. The van der Waals surface area contributed by atoms with Crippen LogP contribution in [-0.2, 0) is 9.53 Å². The van der Waals surface area contributed by atoms with Crippen molar-refractivity contribution in [3.63, 3.8) is 0 Å². The maximum absolute atomic E-state index is 10.8. The zero-order chi connectivity index (χ0) is 10.7. The van der Waals surface area contributed by atoms with E-state index in [1.807, 2.05) is 24.3 Å². The third-order valence-electron chi connectivity index (χ3n) is 2.04. The molecular weight excluding hydrogens is 192 g/mol. The smallest absolute Gasteiger partial charge is 0.221 e. The minimum absolute atomic E-state index is 0.0720. The Morgan fingerprint density at radius 1 is 1.40 bits per heavy atom. The molecule has 0 spiro atoms. The summed E-state index contributed by atoms with van der Waals surface area (Å²) in [7, 11) is 0. The summed E-state index contributed by atoms with van der Waals surface area (Å²) >= 11 is 0. The number of carbonyl (C=O) groups is 1. The Balaban J connectivity index is 2.13. The number of rotatable bonds is 2. The Morgan fingerprint density at radius 3 is 2.67 bits per heavy atom. The van der Waals surface area contributed by atoms with Crippen LogP contribution in [0.4, 0.5) is 5.69 Å². The van der Waals surface area contributed by atoms with Gasteiger partial charge in [-0.15, -0.1) is 0 Å². The summed E-state index contributed by atoms with van der Waals surface area (Å²) in [6.45, 7) is 2.86. The monoisotopic (exact) mass is 204 g/mol. The highest BCUT2D eigenvalue weighted by Gasteiger charge is 2.09. The Bertz CT molecular complexity index is 396. The van der Waals surface area contributed by atoms with Crippen molar-refractivity contribution in [2.24, 2.45) is 4.99 Å². The van der Waals surface area contributed by atoms with Crippen molar-refractivity contribution < 1.29 is 9.53 Å². The first-order chi connectivity index (χ1) is 7.25. The first-order valence-electron chi connectivity index (χ1n) is 4.81. The van der Waals surface area contributed by atoms with E-state index in [9.17, 15) is 4.79 Å². The Hall–Kier alpha value is -1.84. The van der Waals surface area contributed by atoms with Crippen molar-refractivity contribution in [1.82, 2.24) is 0 Å². The van der Waals surface area contributed by atoms with E-state index in [-0.39, 0.29) is 5.91 Å². The molecule has 1 aromatic carbocycles. The number of nitrogens with one attached hydrogen (secondary N) is 1. The average molecular weight is 204 g/mol. The van der Waals surface area contributed by atoms with Gasteiger partial charge in [0.05, 0.1) is 6.54 Å². The molecule has 78 valence electrons. The summed E-state index contributed by atoms with van der Waals surface area (Å²) in [5.74, 6) is 0.613. The van der Waals surface area contributed by atoms with Crippen LogP contribution < -0.4 is 5.32 Å². The van der Waals surface area contributed by atoms with E-state index in [0.29, 0.717) is 12.5 Å². The Kier molecular flexibility index (Phi) is 2.67. The molecule has 1 aromatic rings. The molecule has 0 aliphatic carbocycles. The van der Waals surface area contributed by atoms with E-state index in [1.165, 1.54) is 6.92 Å². The predicted octanol–water partition coefficient (Wildman–Crippen LogP) is 1.42. The van der Waals surface area contributed by atoms with Crippen molar-refractivity contribution in [2.75, 3.05) is 18.5 Å². The van der Waals surface area contributed by atoms with Crippen molar-refractivity contribution in [3.05, 3.63) is 29.8 Å². The molecule has 2 rings (SSSR count). The van der Waals surface area contributed by atoms with Crippen LogP contribution in [0, 0.1) is 0 Å². The minimum atomic E-state index is -0.0720. The summed E-state index contributed by atoms with van der Waals surface area (Å²) in [5.41, 5.74) is 1.73. The van der Waals surface area contributed by atoms with E-state index >= 15 is 0 Å². The summed E-state index contributed by atoms with van der Waals surface area (Å²) < 4.78 is 5.32. The molecular formula is C11H12N2O2. The molecule has 0 unspecified atom stereocenters. The van der Waals surface area contributed by atoms with E-state index < -0.39 is 0 Å². The molecule has 0 aromatic heterocycles. The summed E-state index contributed by atoms with van der Waals surface area (Å²) in [4.78, 5) is 15.0. The van der Waals surface area contributed by atoms with Crippen molar-refractivity contribution in [3.8, 4) is 0 Å². The van der Waals surface area contributed by atoms with Gasteiger partial charge in [-0.05, 0) is 24.3 Å².